The highest BCUT2D eigenvalue weighted by atomic mass is 32.1. The zero-order chi connectivity index (χ0) is 37.5. The number of para-hydroxylation sites is 4. The van der Waals surface area contributed by atoms with Gasteiger partial charge in [0.15, 0.2) is 11.4 Å². The SMILES string of the molecule is c1ccc(C2=NC(c3cccc4sc5c(-c6cccc7c6oc6c(-n8c9ccccc9c9ccccc98)cccc67)cccc5c34)NC(c3ccccc3)=N2)cc1. The van der Waals surface area contributed by atoms with Crippen molar-refractivity contribution in [2.45, 2.75) is 6.17 Å². The maximum Gasteiger partial charge on any atom is 0.159 e. The highest BCUT2D eigenvalue weighted by molar-refractivity contribution is 7.26. The molecule has 1 unspecified atom stereocenters. The van der Waals surface area contributed by atoms with Crippen LogP contribution in [0.15, 0.2) is 196 Å². The van der Waals surface area contributed by atoms with Crippen LogP contribution in [0, 0.1) is 0 Å². The van der Waals surface area contributed by atoms with E-state index in [0.29, 0.717) is 5.84 Å². The van der Waals surface area contributed by atoms with E-state index in [1.807, 2.05) is 47.7 Å². The van der Waals surface area contributed by atoms with Gasteiger partial charge < -0.3 is 14.3 Å². The predicted molar refractivity (Wildman–Crippen MR) is 238 cm³/mol. The van der Waals surface area contributed by atoms with Crippen molar-refractivity contribution in [2.24, 2.45) is 9.98 Å². The van der Waals surface area contributed by atoms with Crippen LogP contribution in [0.4, 0.5) is 0 Å². The maximum atomic E-state index is 7.08. The standard InChI is InChI=1S/C51H32N4OS/c1-3-15-31(16-4-1)49-52-50(32-17-5-2-6-18-32)54-51(53-49)40-26-14-30-44-45(40)39-25-12-24-38(48(39)57-44)37-22-11-21-35-36-23-13-29-43(47(36)56-46(35)37)55-41-27-9-7-19-33(41)34-20-8-10-28-42(34)55/h1-30,51H,(H,52,53,54). The Hall–Kier alpha value is -7.28. The van der Waals surface area contributed by atoms with Gasteiger partial charge >= 0.3 is 0 Å². The summed E-state index contributed by atoms with van der Waals surface area (Å²) in [5.41, 5.74) is 10.5. The summed E-state index contributed by atoms with van der Waals surface area (Å²) < 4.78 is 11.9. The second kappa shape index (κ2) is 12.6. The Morgan fingerprint density at radius 2 is 1.11 bits per heavy atom. The molecule has 5 nitrogen and oxygen atoms in total. The zero-order valence-electron chi connectivity index (χ0n) is 30.6. The van der Waals surface area contributed by atoms with E-state index in [-0.39, 0.29) is 6.17 Å². The van der Waals surface area contributed by atoms with Gasteiger partial charge in [-0.2, -0.15) is 0 Å². The van der Waals surface area contributed by atoms with E-state index in [4.69, 9.17) is 14.4 Å². The molecule has 8 aromatic carbocycles. The van der Waals surface area contributed by atoms with Gasteiger partial charge in [-0.25, -0.2) is 9.98 Å². The molecule has 0 spiro atoms. The van der Waals surface area contributed by atoms with Gasteiger partial charge in [0.25, 0.3) is 0 Å². The third-order valence-electron chi connectivity index (χ3n) is 11.3. The molecule has 1 aliphatic rings. The first-order chi connectivity index (χ1) is 28.3. The fourth-order valence-corrected chi connectivity index (χ4v) is 10.0. The second-order valence-electron chi connectivity index (χ2n) is 14.5. The molecule has 57 heavy (non-hydrogen) atoms. The summed E-state index contributed by atoms with van der Waals surface area (Å²) in [6, 6.07) is 64.1. The Kier molecular flexibility index (Phi) is 7.09. The van der Waals surface area contributed by atoms with Crippen molar-refractivity contribution in [3.8, 4) is 16.8 Å². The van der Waals surface area contributed by atoms with E-state index in [1.54, 1.807) is 0 Å². The van der Waals surface area contributed by atoms with E-state index in [2.05, 4.69) is 155 Å². The molecule has 11 aromatic rings. The van der Waals surface area contributed by atoms with Gasteiger partial charge in [-0.15, -0.1) is 11.3 Å². The molecule has 0 bridgehead atoms. The van der Waals surface area contributed by atoms with Crippen molar-refractivity contribution < 1.29 is 4.42 Å². The monoisotopic (exact) mass is 748 g/mol. The number of thiophene rings is 1. The number of aromatic nitrogens is 1. The summed E-state index contributed by atoms with van der Waals surface area (Å²) in [6.45, 7) is 0. The van der Waals surface area contributed by atoms with Crippen molar-refractivity contribution in [3.63, 3.8) is 0 Å². The molecular weight excluding hydrogens is 717 g/mol. The molecule has 4 heterocycles. The summed E-state index contributed by atoms with van der Waals surface area (Å²) in [5.74, 6) is 1.52. The molecule has 1 aliphatic heterocycles. The minimum absolute atomic E-state index is 0.337. The van der Waals surface area contributed by atoms with Crippen LogP contribution in [0.2, 0.25) is 0 Å². The number of nitrogens with zero attached hydrogens (tertiary/aromatic N) is 3. The lowest BCUT2D eigenvalue weighted by atomic mass is 9.98. The molecule has 12 rings (SSSR count). The summed E-state index contributed by atoms with van der Waals surface area (Å²) in [4.78, 5) is 10.3. The van der Waals surface area contributed by atoms with E-state index in [1.165, 1.54) is 30.9 Å². The normalized spacial score (nSPS) is 14.5. The fraction of sp³-hybridized carbons (Fsp3) is 0.0196. The zero-order valence-corrected chi connectivity index (χ0v) is 31.4. The minimum atomic E-state index is -0.337. The van der Waals surface area contributed by atoms with Crippen molar-refractivity contribution in [1.29, 1.82) is 0 Å². The van der Waals surface area contributed by atoms with Gasteiger partial charge in [-0.05, 0) is 24.3 Å². The van der Waals surface area contributed by atoms with Gasteiger partial charge in [-0.1, -0.05) is 158 Å². The number of hydrogen-bond donors (Lipinski definition) is 1. The number of hydrogen-bond acceptors (Lipinski definition) is 5. The fourth-order valence-electron chi connectivity index (χ4n) is 8.76. The van der Waals surface area contributed by atoms with Crippen molar-refractivity contribution >= 4 is 86.9 Å². The Bertz CT molecular complexity index is 3390. The lowest BCUT2D eigenvalue weighted by Gasteiger charge is -2.24. The molecule has 268 valence electrons. The summed E-state index contributed by atoms with van der Waals surface area (Å²) in [7, 11) is 0. The topological polar surface area (TPSA) is 54.8 Å². The number of fused-ring (bicyclic) bond motifs is 9. The molecule has 0 saturated heterocycles. The summed E-state index contributed by atoms with van der Waals surface area (Å²) in [5, 5.41) is 10.8. The lowest BCUT2D eigenvalue weighted by molar-refractivity contribution is 0.667. The van der Waals surface area contributed by atoms with Gasteiger partial charge in [0, 0.05) is 69.5 Å². The minimum Gasteiger partial charge on any atom is -0.453 e. The van der Waals surface area contributed by atoms with E-state index in [0.717, 1.165) is 72.3 Å². The third kappa shape index (κ3) is 4.94. The van der Waals surface area contributed by atoms with E-state index < -0.39 is 0 Å². The molecule has 0 fully saturated rings. The van der Waals surface area contributed by atoms with E-state index >= 15 is 0 Å². The summed E-state index contributed by atoms with van der Waals surface area (Å²) in [6.07, 6.45) is -0.337. The Morgan fingerprint density at radius 1 is 0.509 bits per heavy atom. The van der Waals surface area contributed by atoms with Gasteiger partial charge in [-0.3, -0.25) is 0 Å². The second-order valence-corrected chi connectivity index (χ2v) is 15.6. The largest absolute Gasteiger partial charge is 0.453 e. The average Bonchev–Trinajstić information content (AvgIpc) is 3.97. The predicted octanol–water partition coefficient (Wildman–Crippen LogP) is 13.2. The number of benzene rings is 8. The number of rotatable bonds is 5. The Morgan fingerprint density at radius 3 is 1.86 bits per heavy atom. The molecule has 0 amide bonds. The van der Waals surface area contributed by atoms with Crippen LogP contribution in [0.3, 0.4) is 0 Å². The molecule has 0 saturated carbocycles. The molecule has 0 radical (unpaired) electrons. The van der Waals surface area contributed by atoms with Crippen LogP contribution in [0.1, 0.15) is 22.9 Å². The van der Waals surface area contributed by atoms with Crippen molar-refractivity contribution in [2.75, 3.05) is 0 Å². The van der Waals surface area contributed by atoms with Gasteiger partial charge in [0.2, 0.25) is 0 Å². The van der Waals surface area contributed by atoms with Gasteiger partial charge in [0.1, 0.15) is 17.6 Å². The highest BCUT2D eigenvalue weighted by Crippen LogP contribution is 2.46. The molecule has 1 N–H and O–H groups in total. The first kappa shape index (κ1) is 32.0. The quantitative estimate of drug-likeness (QED) is 0.191. The summed E-state index contributed by atoms with van der Waals surface area (Å²) >= 11 is 1.82. The Labute approximate surface area is 331 Å². The molecule has 3 aromatic heterocycles. The van der Waals surface area contributed by atoms with Crippen LogP contribution < -0.4 is 5.32 Å². The molecule has 1 atom stereocenters. The van der Waals surface area contributed by atoms with Crippen LogP contribution in [-0.4, -0.2) is 16.2 Å². The number of furan rings is 1. The smallest absolute Gasteiger partial charge is 0.159 e. The first-order valence-electron chi connectivity index (χ1n) is 19.2. The van der Waals surface area contributed by atoms with E-state index in [9.17, 15) is 0 Å². The molecular formula is C51H32N4OS. The van der Waals surface area contributed by atoms with Gasteiger partial charge in [0.05, 0.1) is 16.7 Å². The van der Waals surface area contributed by atoms with Crippen LogP contribution >= 0.6 is 11.3 Å². The number of amidine groups is 2. The molecule has 0 aliphatic carbocycles. The Balaban J connectivity index is 1.04. The lowest BCUT2D eigenvalue weighted by Crippen LogP contribution is -2.33. The van der Waals surface area contributed by atoms with Crippen LogP contribution in [0.5, 0.6) is 0 Å². The maximum absolute atomic E-state index is 7.08. The third-order valence-corrected chi connectivity index (χ3v) is 12.5. The van der Waals surface area contributed by atoms with Crippen molar-refractivity contribution in [3.05, 3.63) is 199 Å². The average molecular weight is 749 g/mol. The van der Waals surface area contributed by atoms with Crippen LogP contribution in [0.25, 0.3) is 80.7 Å². The number of nitrogens with one attached hydrogen (secondary N) is 1. The highest BCUT2D eigenvalue weighted by Gasteiger charge is 2.25. The molecule has 6 heteroatoms. The first-order valence-corrected chi connectivity index (χ1v) is 20.0. The number of aliphatic imine (C=N–C) groups is 2. The van der Waals surface area contributed by atoms with Crippen LogP contribution in [-0.2, 0) is 0 Å². The van der Waals surface area contributed by atoms with Crippen molar-refractivity contribution in [1.82, 2.24) is 9.88 Å².